The minimum atomic E-state index is -0.172. The van der Waals surface area contributed by atoms with E-state index in [2.05, 4.69) is 54.7 Å². The van der Waals surface area contributed by atoms with Crippen LogP contribution in [0.1, 0.15) is 25.3 Å². The molecule has 5 rings (SSSR count). The van der Waals surface area contributed by atoms with Gasteiger partial charge in [0.25, 0.3) is 0 Å². The number of nitrogens with one attached hydrogen (secondary N) is 2. The molecule has 1 unspecified atom stereocenters. The van der Waals surface area contributed by atoms with Gasteiger partial charge >= 0.3 is 6.03 Å². The second kappa shape index (κ2) is 14.4. The quantitative estimate of drug-likeness (QED) is 0.196. The van der Waals surface area contributed by atoms with Gasteiger partial charge in [0.1, 0.15) is 11.0 Å². The maximum atomic E-state index is 12.9. The Balaban J connectivity index is 1.08. The summed E-state index contributed by atoms with van der Waals surface area (Å²) in [6.07, 6.45) is 1.87. The molecule has 1 aromatic heterocycles. The number of carbonyl (C=O) groups is 2. The van der Waals surface area contributed by atoms with Crippen LogP contribution in [0.2, 0.25) is 10.2 Å². The number of halogens is 2. The van der Waals surface area contributed by atoms with Crippen molar-refractivity contribution in [2.45, 2.75) is 43.6 Å². The molecule has 2 aliphatic heterocycles. The highest BCUT2D eigenvalue weighted by molar-refractivity contribution is 7.99. The Morgan fingerprint density at radius 3 is 2.50 bits per heavy atom. The van der Waals surface area contributed by atoms with Crippen molar-refractivity contribution in [1.29, 1.82) is 0 Å². The normalized spacial score (nSPS) is 18.1. The zero-order valence-electron chi connectivity index (χ0n) is 23.5. The lowest BCUT2D eigenvalue weighted by Gasteiger charge is -2.40. The van der Waals surface area contributed by atoms with E-state index in [1.165, 1.54) is 17.3 Å². The summed E-state index contributed by atoms with van der Waals surface area (Å²) in [5.74, 6) is 0.878. The minimum Gasteiger partial charge on any atom is -0.353 e. The van der Waals surface area contributed by atoms with Gasteiger partial charge in [-0.2, -0.15) is 0 Å². The van der Waals surface area contributed by atoms with Crippen LogP contribution in [-0.2, 0) is 11.3 Å². The van der Waals surface area contributed by atoms with Gasteiger partial charge in [0.05, 0.1) is 5.75 Å². The second-order valence-electron chi connectivity index (χ2n) is 10.7. The summed E-state index contributed by atoms with van der Waals surface area (Å²) in [5, 5.41) is 7.44. The maximum absolute atomic E-state index is 12.9. The Bertz CT molecular complexity index is 1370. The molecule has 3 aromatic rings. The summed E-state index contributed by atoms with van der Waals surface area (Å²) in [6.45, 7) is 6.56. The van der Waals surface area contributed by atoms with Crippen molar-refractivity contribution in [3.63, 3.8) is 0 Å². The number of nitrogens with zero attached hydrogens (tertiary/aromatic N) is 5. The molecule has 1 atom stereocenters. The van der Waals surface area contributed by atoms with Crippen LogP contribution in [0.25, 0.3) is 0 Å². The van der Waals surface area contributed by atoms with E-state index in [4.69, 9.17) is 23.2 Å². The summed E-state index contributed by atoms with van der Waals surface area (Å²) in [6, 6.07) is 19.2. The van der Waals surface area contributed by atoms with Crippen LogP contribution in [0.4, 0.5) is 16.3 Å². The van der Waals surface area contributed by atoms with Gasteiger partial charge in [-0.1, -0.05) is 71.4 Å². The molecule has 0 radical (unpaired) electrons. The van der Waals surface area contributed by atoms with Crippen LogP contribution in [0.3, 0.4) is 0 Å². The van der Waals surface area contributed by atoms with Crippen LogP contribution in [0, 0.1) is 0 Å². The zero-order valence-corrected chi connectivity index (χ0v) is 25.8. The number of urea groups is 1. The van der Waals surface area contributed by atoms with E-state index in [-0.39, 0.29) is 29.8 Å². The van der Waals surface area contributed by atoms with E-state index >= 15 is 0 Å². The highest BCUT2D eigenvalue weighted by Gasteiger charge is 2.29. The number of hydrogen-bond acceptors (Lipinski definition) is 7. The number of piperazine rings is 1. The number of anilines is 2. The van der Waals surface area contributed by atoms with Crippen molar-refractivity contribution in [2.24, 2.45) is 0 Å². The molecule has 3 amide bonds. The van der Waals surface area contributed by atoms with Gasteiger partial charge in [0.15, 0.2) is 5.16 Å². The number of thioether (sulfide) groups is 1. The van der Waals surface area contributed by atoms with Gasteiger partial charge in [-0.3, -0.25) is 9.69 Å². The van der Waals surface area contributed by atoms with Crippen molar-refractivity contribution >= 4 is 58.4 Å². The number of hydrogen-bond donors (Lipinski definition) is 2. The molecule has 0 spiro atoms. The fourth-order valence-electron chi connectivity index (χ4n) is 5.32. The van der Waals surface area contributed by atoms with Crippen molar-refractivity contribution in [3.8, 4) is 0 Å². The van der Waals surface area contributed by atoms with Gasteiger partial charge in [-0.15, -0.1) is 0 Å². The molecule has 9 nitrogen and oxygen atoms in total. The molecule has 222 valence electrons. The number of rotatable bonds is 8. The molecule has 0 bridgehead atoms. The van der Waals surface area contributed by atoms with E-state index in [0.717, 1.165) is 32.5 Å². The summed E-state index contributed by atoms with van der Waals surface area (Å²) in [5.41, 5.74) is 1.97. The first-order valence-electron chi connectivity index (χ1n) is 14.1. The Morgan fingerprint density at radius 1 is 0.976 bits per heavy atom. The van der Waals surface area contributed by atoms with Gasteiger partial charge in [-0.05, 0) is 43.5 Å². The Labute approximate surface area is 261 Å². The zero-order chi connectivity index (χ0) is 29.5. The Hall–Kier alpha value is -3.05. The molecule has 2 N–H and O–H groups in total. The number of piperidine rings is 1. The highest BCUT2D eigenvalue weighted by Crippen LogP contribution is 2.25. The molecule has 0 aliphatic carbocycles. The smallest absolute Gasteiger partial charge is 0.322 e. The van der Waals surface area contributed by atoms with E-state index < -0.39 is 0 Å². The molecule has 2 aromatic carbocycles. The second-order valence-corrected chi connectivity index (χ2v) is 12.4. The number of likely N-dealkylation sites (tertiary alicyclic amines) is 1. The summed E-state index contributed by atoms with van der Waals surface area (Å²) < 4.78 is 0. The van der Waals surface area contributed by atoms with Gasteiger partial charge in [0, 0.05) is 68.1 Å². The Kier molecular flexibility index (Phi) is 10.4. The standard InChI is InChI=1S/C30H35Cl2N7O2S/c1-21-18-38(14-15-39(21)30(41)34-25-9-5-8-23(31)16-25)27-17-26(32)35-29(36-27)42-20-28(40)33-24-10-12-37(13-11-24)19-22-6-3-2-4-7-22/h2-9,16-17,21,24H,10-15,18-20H2,1H3,(H,33,40)(H,34,41). The third-order valence-electron chi connectivity index (χ3n) is 7.48. The lowest BCUT2D eigenvalue weighted by Crippen LogP contribution is -2.55. The van der Waals surface area contributed by atoms with Gasteiger partial charge in [0.2, 0.25) is 5.91 Å². The van der Waals surface area contributed by atoms with Crippen molar-refractivity contribution in [2.75, 3.05) is 48.7 Å². The predicted molar refractivity (Wildman–Crippen MR) is 170 cm³/mol. The van der Waals surface area contributed by atoms with Crippen molar-refractivity contribution < 1.29 is 9.59 Å². The first-order valence-corrected chi connectivity index (χ1v) is 15.9. The van der Waals surface area contributed by atoms with Gasteiger partial charge in [-0.25, -0.2) is 14.8 Å². The lowest BCUT2D eigenvalue weighted by molar-refractivity contribution is -0.119. The molecular weight excluding hydrogens is 593 g/mol. The number of amides is 3. The fourth-order valence-corrected chi connectivity index (χ4v) is 6.40. The minimum absolute atomic E-state index is 0.0282. The summed E-state index contributed by atoms with van der Waals surface area (Å²) in [4.78, 5) is 40.9. The molecule has 3 heterocycles. The van der Waals surface area contributed by atoms with Crippen LogP contribution in [-0.4, -0.2) is 82.3 Å². The third kappa shape index (κ3) is 8.50. The first-order chi connectivity index (χ1) is 20.3. The van der Waals surface area contributed by atoms with Crippen molar-refractivity contribution in [1.82, 2.24) is 25.1 Å². The molecule has 42 heavy (non-hydrogen) atoms. The number of carbonyl (C=O) groups excluding carboxylic acids is 2. The number of aromatic nitrogens is 2. The number of benzene rings is 2. The third-order valence-corrected chi connectivity index (χ3v) is 8.76. The van der Waals surface area contributed by atoms with Gasteiger partial charge < -0.3 is 20.4 Å². The largest absolute Gasteiger partial charge is 0.353 e. The average Bonchev–Trinajstić information content (AvgIpc) is 2.97. The molecule has 0 saturated carbocycles. The van der Waals surface area contributed by atoms with Crippen LogP contribution >= 0.6 is 35.0 Å². The predicted octanol–water partition coefficient (Wildman–Crippen LogP) is 5.40. The monoisotopic (exact) mass is 627 g/mol. The van der Waals surface area contributed by atoms with Crippen LogP contribution in [0.15, 0.2) is 65.8 Å². The topological polar surface area (TPSA) is 93.7 Å². The summed E-state index contributed by atoms with van der Waals surface area (Å²) >= 11 is 13.7. The van der Waals surface area contributed by atoms with Crippen LogP contribution in [0.5, 0.6) is 0 Å². The van der Waals surface area contributed by atoms with E-state index in [0.29, 0.717) is 46.5 Å². The average molecular weight is 629 g/mol. The van der Waals surface area contributed by atoms with E-state index in [1.54, 1.807) is 29.2 Å². The van der Waals surface area contributed by atoms with E-state index in [9.17, 15) is 9.59 Å². The van der Waals surface area contributed by atoms with Crippen molar-refractivity contribution in [3.05, 3.63) is 76.4 Å². The molecular formula is C30H35Cl2N7O2S. The molecule has 2 fully saturated rings. The summed E-state index contributed by atoms with van der Waals surface area (Å²) in [7, 11) is 0. The molecule has 2 saturated heterocycles. The fraction of sp³-hybridized carbons (Fsp3) is 0.400. The lowest BCUT2D eigenvalue weighted by atomic mass is 10.0. The highest BCUT2D eigenvalue weighted by atomic mass is 35.5. The molecule has 2 aliphatic rings. The molecule has 12 heteroatoms. The maximum Gasteiger partial charge on any atom is 0.322 e. The Morgan fingerprint density at radius 2 is 1.76 bits per heavy atom. The SMILES string of the molecule is CC1CN(c2cc(Cl)nc(SCC(=O)NC3CCN(Cc4ccccc4)CC3)n2)CCN1C(=O)Nc1cccc(Cl)c1. The van der Waals surface area contributed by atoms with Crippen LogP contribution < -0.4 is 15.5 Å². The van der Waals surface area contributed by atoms with E-state index in [1.807, 2.05) is 19.1 Å². The first kappa shape index (κ1) is 30.4.